The highest BCUT2D eigenvalue weighted by atomic mass is 16.1. The van der Waals surface area contributed by atoms with Gasteiger partial charge in [0.15, 0.2) is 5.82 Å². The number of nitrogens with one attached hydrogen (secondary N) is 2. The molecular formula is C4H7N5O. The van der Waals surface area contributed by atoms with Crippen molar-refractivity contribution < 1.29 is 4.79 Å². The van der Waals surface area contributed by atoms with Crippen LogP contribution in [0.15, 0.2) is 0 Å². The van der Waals surface area contributed by atoms with E-state index in [-0.39, 0.29) is 5.91 Å². The van der Waals surface area contributed by atoms with Gasteiger partial charge in [0.2, 0.25) is 5.91 Å². The zero-order valence-electron chi connectivity index (χ0n) is 5.46. The van der Waals surface area contributed by atoms with Crippen LogP contribution in [0.5, 0.6) is 0 Å². The van der Waals surface area contributed by atoms with Gasteiger partial charge in [-0.25, -0.2) is 0 Å². The Hall–Kier alpha value is -1.46. The van der Waals surface area contributed by atoms with Crippen molar-refractivity contribution in [2.24, 2.45) is 0 Å². The van der Waals surface area contributed by atoms with Crippen LogP contribution in [0.2, 0.25) is 0 Å². The van der Waals surface area contributed by atoms with Gasteiger partial charge < -0.3 is 5.32 Å². The van der Waals surface area contributed by atoms with Crippen LogP contribution >= 0.6 is 0 Å². The number of amides is 1. The molecule has 6 heteroatoms. The molecule has 1 rings (SSSR count). The Bertz CT molecular complexity index is 205. The number of rotatable bonds is 2. The average molecular weight is 141 g/mol. The molecule has 1 aromatic rings. The minimum atomic E-state index is -0.107. The van der Waals surface area contributed by atoms with E-state index in [9.17, 15) is 4.79 Å². The van der Waals surface area contributed by atoms with Crippen molar-refractivity contribution in [3.63, 3.8) is 0 Å². The molecule has 0 spiro atoms. The summed E-state index contributed by atoms with van der Waals surface area (Å²) in [7, 11) is 0. The summed E-state index contributed by atoms with van der Waals surface area (Å²) >= 11 is 0. The number of aromatic amines is 1. The monoisotopic (exact) mass is 141 g/mol. The number of H-pyrrole nitrogens is 1. The predicted octanol–water partition coefficient (Wildman–Crippen LogP) is -1.16. The van der Waals surface area contributed by atoms with Crippen LogP contribution in [-0.4, -0.2) is 26.5 Å². The molecule has 2 N–H and O–H groups in total. The first-order valence-electron chi connectivity index (χ1n) is 2.76. The molecule has 1 amide bonds. The Balaban J connectivity index is 2.35. The highest BCUT2D eigenvalue weighted by Gasteiger charge is 1.96. The van der Waals surface area contributed by atoms with Crippen molar-refractivity contribution in [1.82, 2.24) is 25.9 Å². The molecule has 0 unspecified atom stereocenters. The largest absolute Gasteiger partial charge is 0.349 e. The third kappa shape index (κ3) is 1.81. The summed E-state index contributed by atoms with van der Waals surface area (Å²) in [5.41, 5.74) is 0. The maximum absolute atomic E-state index is 10.3. The summed E-state index contributed by atoms with van der Waals surface area (Å²) in [4.78, 5) is 10.3. The van der Waals surface area contributed by atoms with E-state index in [0.29, 0.717) is 12.4 Å². The molecule has 1 aromatic heterocycles. The molecule has 0 atom stereocenters. The predicted molar refractivity (Wildman–Crippen MR) is 31.7 cm³/mol. The van der Waals surface area contributed by atoms with Crippen LogP contribution in [-0.2, 0) is 11.3 Å². The summed E-state index contributed by atoms with van der Waals surface area (Å²) in [5.74, 6) is 0.375. The molecule has 0 aliphatic heterocycles. The second-order valence-corrected chi connectivity index (χ2v) is 1.74. The van der Waals surface area contributed by atoms with Gasteiger partial charge in [0.1, 0.15) is 0 Å². The normalized spacial score (nSPS) is 9.30. The Morgan fingerprint density at radius 2 is 2.60 bits per heavy atom. The third-order valence-corrected chi connectivity index (χ3v) is 0.885. The Morgan fingerprint density at radius 1 is 1.80 bits per heavy atom. The second kappa shape index (κ2) is 2.90. The molecule has 0 saturated heterocycles. The fourth-order valence-corrected chi connectivity index (χ4v) is 0.461. The smallest absolute Gasteiger partial charge is 0.217 e. The number of nitrogens with zero attached hydrogens (tertiary/aromatic N) is 3. The van der Waals surface area contributed by atoms with Crippen molar-refractivity contribution in [3.05, 3.63) is 5.82 Å². The number of carbonyl (C=O) groups is 1. The number of hydrogen-bond donors (Lipinski definition) is 2. The van der Waals surface area contributed by atoms with E-state index in [4.69, 9.17) is 0 Å². The van der Waals surface area contributed by atoms with E-state index in [1.165, 1.54) is 6.92 Å². The summed E-state index contributed by atoms with van der Waals surface area (Å²) in [6.07, 6.45) is 0. The van der Waals surface area contributed by atoms with Crippen molar-refractivity contribution >= 4 is 5.91 Å². The van der Waals surface area contributed by atoms with Gasteiger partial charge in [-0.1, -0.05) is 5.21 Å². The molecule has 0 aliphatic rings. The van der Waals surface area contributed by atoms with Crippen LogP contribution in [0.25, 0.3) is 0 Å². The van der Waals surface area contributed by atoms with E-state index in [1.54, 1.807) is 0 Å². The lowest BCUT2D eigenvalue weighted by molar-refractivity contribution is -0.119. The molecule has 0 aliphatic carbocycles. The first-order valence-corrected chi connectivity index (χ1v) is 2.76. The van der Waals surface area contributed by atoms with Crippen LogP contribution in [0.3, 0.4) is 0 Å². The molecule has 1 heterocycles. The van der Waals surface area contributed by atoms with Crippen LogP contribution in [0.4, 0.5) is 0 Å². The number of carbonyl (C=O) groups excluding carboxylic acids is 1. The van der Waals surface area contributed by atoms with E-state index in [2.05, 4.69) is 25.9 Å². The summed E-state index contributed by atoms with van der Waals surface area (Å²) in [6, 6.07) is 0. The number of tetrazole rings is 1. The standard InChI is InChI=1S/C4H7N5O/c1-3(10)5-2-4-6-8-9-7-4/h2H2,1H3,(H,5,10)(H,6,7,8,9). The molecule has 6 nitrogen and oxygen atoms in total. The number of aromatic nitrogens is 4. The quantitative estimate of drug-likeness (QED) is 0.544. The fourth-order valence-electron chi connectivity index (χ4n) is 0.461. The van der Waals surface area contributed by atoms with Gasteiger partial charge in [-0.15, -0.1) is 10.2 Å². The maximum Gasteiger partial charge on any atom is 0.217 e. The fraction of sp³-hybridized carbons (Fsp3) is 0.500. The molecule has 54 valence electrons. The van der Waals surface area contributed by atoms with Gasteiger partial charge in [-0.3, -0.25) is 4.79 Å². The molecule has 0 bridgehead atoms. The first-order chi connectivity index (χ1) is 4.79. The first kappa shape index (κ1) is 6.66. The SMILES string of the molecule is CC(=O)NCc1nn[nH]n1. The summed E-state index contributed by atoms with van der Waals surface area (Å²) in [5, 5.41) is 15.4. The Kier molecular flexibility index (Phi) is 1.93. The lowest BCUT2D eigenvalue weighted by Gasteiger charge is -1.93. The average Bonchev–Trinajstić information content (AvgIpc) is 2.34. The van der Waals surface area contributed by atoms with Gasteiger partial charge in [0, 0.05) is 6.92 Å². The zero-order chi connectivity index (χ0) is 7.40. The van der Waals surface area contributed by atoms with Gasteiger partial charge in [-0.2, -0.15) is 5.21 Å². The van der Waals surface area contributed by atoms with E-state index in [1.807, 2.05) is 0 Å². The lowest BCUT2D eigenvalue weighted by Crippen LogP contribution is -2.19. The van der Waals surface area contributed by atoms with Crippen molar-refractivity contribution in [3.8, 4) is 0 Å². The van der Waals surface area contributed by atoms with Gasteiger partial charge in [0.25, 0.3) is 0 Å². The van der Waals surface area contributed by atoms with Gasteiger partial charge >= 0.3 is 0 Å². The Morgan fingerprint density at radius 3 is 3.10 bits per heavy atom. The minimum Gasteiger partial charge on any atom is -0.349 e. The highest BCUT2D eigenvalue weighted by molar-refractivity contribution is 5.72. The number of hydrogen-bond acceptors (Lipinski definition) is 4. The Labute approximate surface area is 57.0 Å². The molecule has 0 radical (unpaired) electrons. The van der Waals surface area contributed by atoms with Crippen LogP contribution in [0.1, 0.15) is 12.7 Å². The molecular weight excluding hydrogens is 134 g/mol. The van der Waals surface area contributed by atoms with E-state index in [0.717, 1.165) is 0 Å². The molecule has 10 heavy (non-hydrogen) atoms. The van der Waals surface area contributed by atoms with Gasteiger partial charge in [0.05, 0.1) is 6.54 Å². The van der Waals surface area contributed by atoms with Crippen molar-refractivity contribution in [2.45, 2.75) is 13.5 Å². The van der Waals surface area contributed by atoms with Crippen LogP contribution < -0.4 is 5.32 Å². The summed E-state index contributed by atoms with van der Waals surface area (Å²) in [6.45, 7) is 1.76. The summed E-state index contributed by atoms with van der Waals surface area (Å²) < 4.78 is 0. The van der Waals surface area contributed by atoms with E-state index >= 15 is 0 Å². The lowest BCUT2D eigenvalue weighted by atomic mass is 10.6. The van der Waals surface area contributed by atoms with Crippen molar-refractivity contribution in [1.29, 1.82) is 0 Å². The minimum absolute atomic E-state index is 0.107. The maximum atomic E-state index is 10.3. The second-order valence-electron chi connectivity index (χ2n) is 1.74. The highest BCUT2D eigenvalue weighted by Crippen LogP contribution is 1.79. The molecule has 0 saturated carbocycles. The van der Waals surface area contributed by atoms with Crippen molar-refractivity contribution in [2.75, 3.05) is 0 Å². The molecule has 0 aromatic carbocycles. The topological polar surface area (TPSA) is 83.6 Å². The third-order valence-electron chi connectivity index (χ3n) is 0.885. The van der Waals surface area contributed by atoms with Crippen LogP contribution in [0, 0.1) is 0 Å². The van der Waals surface area contributed by atoms with E-state index < -0.39 is 0 Å². The van der Waals surface area contributed by atoms with Gasteiger partial charge in [-0.05, 0) is 0 Å². The molecule has 0 fully saturated rings. The zero-order valence-corrected chi connectivity index (χ0v) is 5.46.